The minimum Gasteiger partial charge on any atom is -0.503 e. The van der Waals surface area contributed by atoms with Crippen LogP contribution in [-0.2, 0) is 4.79 Å². The van der Waals surface area contributed by atoms with E-state index in [0.29, 0.717) is 22.5 Å². The molecule has 0 spiro atoms. The summed E-state index contributed by atoms with van der Waals surface area (Å²) in [6.07, 6.45) is 0. The van der Waals surface area contributed by atoms with Gasteiger partial charge in [-0.1, -0.05) is 31.5 Å². The van der Waals surface area contributed by atoms with E-state index in [1.807, 2.05) is 13.8 Å². The Morgan fingerprint density at radius 3 is 2.56 bits per heavy atom. The van der Waals surface area contributed by atoms with Crippen molar-refractivity contribution in [1.29, 1.82) is 0 Å². The number of aliphatic hydroxyl groups is 1. The van der Waals surface area contributed by atoms with E-state index in [1.54, 1.807) is 18.2 Å². The predicted octanol–water partition coefficient (Wildman–Crippen LogP) is 4.62. The van der Waals surface area contributed by atoms with E-state index < -0.39 is 39.9 Å². The number of carbonyl (C=O) groups excluding carboxylic acids is 2. The van der Waals surface area contributed by atoms with Gasteiger partial charge in [-0.3, -0.25) is 19.7 Å². The van der Waals surface area contributed by atoms with Crippen LogP contribution in [0.25, 0.3) is 11.0 Å². The fraction of sp³-hybridized carbons (Fsp3) is 0.280. The summed E-state index contributed by atoms with van der Waals surface area (Å²) in [5, 5.41) is 33.2. The number of nitro benzene ring substituents is 1. The number of carbonyl (C=O) groups is 2. The number of likely N-dealkylation sites (N-methyl/N-ethyl adjacent to an activating group) is 1. The summed E-state index contributed by atoms with van der Waals surface area (Å²) in [6.45, 7) is 5.98. The lowest BCUT2D eigenvalue weighted by Crippen LogP contribution is -2.38. The van der Waals surface area contributed by atoms with Crippen LogP contribution in [0.1, 0.15) is 36.0 Å². The second-order valence-electron chi connectivity index (χ2n) is 8.32. The van der Waals surface area contributed by atoms with Crippen LogP contribution in [0, 0.1) is 10.1 Å². The number of hydrogen-bond donors (Lipinski definition) is 2. The second kappa shape index (κ2) is 10.00. The average Bonchev–Trinajstić information content (AvgIpc) is 3.38. The smallest absolute Gasteiger partial charge is 0.311 e. The number of nitro groups is 1. The molecule has 1 aromatic heterocycles. The monoisotopic (exact) mass is 513 g/mol. The Morgan fingerprint density at radius 2 is 1.89 bits per heavy atom. The van der Waals surface area contributed by atoms with Gasteiger partial charge in [0.25, 0.3) is 5.91 Å². The van der Waals surface area contributed by atoms with Gasteiger partial charge < -0.3 is 24.4 Å². The number of phenols is 1. The number of benzene rings is 2. The molecule has 4 rings (SSSR count). The number of phenolic OH excluding ortho intramolecular Hbond substituents is 1. The summed E-state index contributed by atoms with van der Waals surface area (Å²) in [4.78, 5) is 40.8. The number of halogens is 1. The molecular formula is C25H24ClN3O7. The second-order valence-corrected chi connectivity index (χ2v) is 8.75. The first-order valence-corrected chi connectivity index (χ1v) is 11.7. The Bertz CT molecular complexity index is 1390. The molecule has 1 aliphatic rings. The number of ketones is 1. The minimum atomic E-state index is -1.13. The Hall–Kier alpha value is -3.89. The minimum absolute atomic E-state index is 0.120. The van der Waals surface area contributed by atoms with Gasteiger partial charge in [0.15, 0.2) is 17.3 Å². The lowest BCUT2D eigenvalue weighted by molar-refractivity contribution is -0.385. The standard InChI is InChI=1S/C25H24ClN3O7/c1-3-27(4-2)9-10-28-22(14-5-7-18(30)17(12-14)29(34)35)21(24(32)25(28)33)23(31)20-13-15-11-16(26)6-8-19(15)36-20/h5-8,11-13,22,30,32H,3-4,9-10H2,1-2H3. The van der Waals surface area contributed by atoms with Gasteiger partial charge >= 0.3 is 5.69 Å². The highest BCUT2D eigenvalue weighted by Crippen LogP contribution is 2.41. The van der Waals surface area contributed by atoms with Crippen molar-refractivity contribution >= 4 is 39.9 Å². The molecule has 3 aromatic rings. The van der Waals surface area contributed by atoms with E-state index in [2.05, 4.69) is 4.90 Å². The number of amides is 1. The Balaban J connectivity index is 1.81. The van der Waals surface area contributed by atoms with Gasteiger partial charge in [-0.2, -0.15) is 0 Å². The zero-order valence-electron chi connectivity index (χ0n) is 19.6. The number of rotatable bonds is 9. The first kappa shape index (κ1) is 25.2. The summed E-state index contributed by atoms with van der Waals surface area (Å²) in [5.41, 5.74) is -0.258. The third-order valence-corrected chi connectivity index (χ3v) is 6.55. The number of aromatic hydroxyl groups is 1. The van der Waals surface area contributed by atoms with Crippen LogP contribution >= 0.6 is 11.6 Å². The maximum Gasteiger partial charge on any atom is 0.311 e. The molecule has 2 N–H and O–H groups in total. The zero-order valence-corrected chi connectivity index (χ0v) is 20.4. The molecule has 2 heterocycles. The molecule has 0 saturated carbocycles. The topological polar surface area (TPSA) is 137 Å². The number of fused-ring (bicyclic) bond motifs is 1. The third-order valence-electron chi connectivity index (χ3n) is 6.31. The summed E-state index contributed by atoms with van der Waals surface area (Å²) in [5.74, 6) is -2.94. The summed E-state index contributed by atoms with van der Waals surface area (Å²) >= 11 is 6.03. The Kier molecular flexibility index (Phi) is 7.00. The van der Waals surface area contributed by atoms with Crippen molar-refractivity contribution in [1.82, 2.24) is 9.80 Å². The molecule has 0 bridgehead atoms. The first-order chi connectivity index (χ1) is 17.2. The largest absolute Gasteiger partial charge is 0.503 e. The van der Waals surface area contributed by atoms with Crippen LogP contribution in [0.15, 0.2) is 58.2 Å². The van der Waals surface area contributed by atoms with E-state index in [1.165, 1.54) is 17.0 Å². The molecule has 188 valence electrons. The van der Waals surface area contributed by atoms with E-state index in [-0.39, 0.29) is 23.4 Å². The normalized spacial score (nSPS) is 15.9. The lowest BCUT2D eigenvalue weighted by atomic mass is 9.94. The van der Waals surface area contributed by atoms with E-state index >= 15 is 0 Å². The molecule has 36 heavy (non-hydrogen) atoms. The maximum absolute atomic E-state index is 13.6. The molecule has 1 amide bonds. The van der Waals surface area contributed by atoms with Crippen molar-refractivity contribution in [2.24, 2.45) is 0 Å². The molecular weight excluding hydrogens is 490 g/mol. The van der Waals surface area contributed by atoms with Crippen LogP contribution in [-0.4, -0.2) is 62.8 Å². The average molecular weight is 514 g/mol. The van der Waals surface area contributed by atoms with Gasteiger partial charge in [0.05, 0.1) is 16.5 Å². The molecule has 0 fully saturated rings. The summed E-state index contributed by atoms with van der Waals surface area (Å²) in [7, 11) is 0. The third kappa shape index (κ3) is 4.52. The molecule has 0 radical (unpaired) electrons. The highest BCUT2D eigenvalue weighted by Gasteiger charge is 2.45. The van der Waals surface area contributed by atoms with Gasteiger partial charge in [-0.25, -0.2) is 0 Å². The summed E-state index contributed by atoms with van der Waals surface area (Å²) in [6, 6.07) is 8.76. The van der Waals surface area contributed by atoms with E-state index in [9.17, 15) is 29.9 Å². The SMILES string of the molecule is CCN(CC)CCN1C(=O)C(O)=C(C(=O)c2cc3cc(Cl)ccc3o2)C1c1ccc(O)c([N+](=O)[O-])c1. The van der Waals surface area contributed by atoms with Gasteiger partial charge in [0, 0.05) is 29.6 Å². The lowest BCUT2D eigenvalue weighted by Gasteiger charge is -2.29. The molecule has 10 nitrogen and oxygen atoms in total. The van der Waals surface area contributed by atoms with Crippen LogP contribution in [0.3, 0.4) is 0 Å². The Morgan fingerprint density at radius 1 is 1.17 bits per heavy atom. The van der Waals surface area contributed by atoms with Gasteiger partial charge in [0.1, 0.15) is 5.58 Å². The number of furan rings is 1. The quantitative estimate of drug-likeness (QED) is 0.240. The molecule has 2 aromatic carbocycles. The van der Waals surface area contributed by atoms with Gasteiger partial charge in [-0.05, 0) is 49.0 Å². The van der Waals surface area contributed by atoms with Crippen LogP contribution in [0.2, 0.25) is 5.02 Å². The van der Waals surface area contributed by atoms with Crippen molar-refractivity contribution in [3.05, 3.63) is 80.3 Å². The number of aliphatic hydroxyl groups excluding tert-OH is 1. The summed E-state index contributed by atoms with van der Waals surface area (Å²) < 4.78 is 5.67. The molecule has 1 unspecified atom stereocenters. The van der Waals surface area contributed by atoms with Gasteiger partial charge in [0.2, 0.25) is 5.78 Å². The number of hydrogen-bond acceptors (Lipinski definition) is 8. The zero-order chi connectivity index (χ0) is 26.1. The number of nitrogens with zero attached hydrogens (tertiary/aromatic N) is 3. The van der Waals surface area contributed by atoms with Crippen molar-refractivity contribution in [3.8, 4) is 5.75 Å². The maximum atomic E-state index is 13.6. The van der Waals surface area contributed by atoms with Crippen molar-refractivity contribution in [3.63, 3.8) is 0 Å². The van der Waals surface area contributed by atoms with Crippen molar-refractivity contribution < 1.29 is 29.1 Å². The highest BCUT2D eigenvalue weighted by molar-refractivity contribution is 6.31. The van der Waals surface area contributed by atoms with Crippen molar-refractivity contribution in [2.75, 3.05) is 26.2 Å². The van der Waals surface area contributed by atoms with Crippen LogP contribution in [0.4, 0.5) is 5.69 Å². The molecule has 0 aliphatic carbocycles. The van der Waals surface area contributed by atoms with Crippen LogP contribution in [0.5, 0.6) is 5.75 Å². The molecule has 1 atom stereocenters. The van der Waals surface area contributed by atoms with Gasteiger partial charge in [-0.15, -0.1) is 0 Å². The highest BCUT2D eigenvalue weighted by atomic mass is 35.5. The fourth-order valence-electron chi connectivity index (χ4n) is 4.37. The Labute approximate surface area is 211 Å². The van der Waals surface area contributed by atoms with E-state index in [4.69, 9.17) is 16.0 Å². The molecule has 1 aliphatic heterocycles. The molecule has 11 heteroatoms. The predicted molar refractivity (Wildman–Crippen MR) is 132 cm³/mol. The van der Waals surface area contributed by atoms with Crippen molar-refractivity contribution in [2.45, 2.75) is 19.9 Å². The molecule has 0 saturated heterocycles. The fourth-order valence-corrected chi connectivity index (χ4v) is 4.55. The van der Waals surface area contributed by atoms with E-state index in [0.717, 1.165) is 25.2 Å². The number of Topliss-reactive ketones (excluding diaryl/α,β-unsaturated/α-hetero) is 1. The first-order valence-electron chi connectivity index (χ1n) is 11.3. The van der Waals surface area contributed by atoms with Crippen LogP contribution < -0.4 is 0 Å².